The quantitative estimate of drug-likeness (QED) is 0.420. The van der Waals surface area contributed by atoms with Crippen molar-refractivity contribution in [2.45, 2.75) is 12.8 Å². The molecule has 2 nitrogen and oxygen atoms in total. The first-order valence-electron chi connectivity index (χ1n) is 2.87. The summed E-state index contributed by atoms with van der Waals surface area (Å²) in [6, 6.07) is 0. The summed E-state index contributed by atoms with van der Waals surface area (Å²) in [6.07, 6.45) is 2.44. The minimum Gasteiger partial charge on any atom is -0.465 e. The van der Waals surface area contributed by atoms with Gasteiger partial charge in [-0.2, -0.15) is 0 Å². The Morgan fingerprint density at radius 1 is 1.67 bits per heavy atom. The molecule has 0 rings (SSSR count). The molecule has 0 atom stereocenters. The lowest BCUT2D eigenvalue weighted by Crippen LogP contribution is -2.02. The molecule has 0 aliphatic rings. The highest BCUT2D eigenvalue weighted by molar-refractivity contribution is 5.70. The summed E-state index contributed by atoms with van der Waals surface area (Å²) in [5.74, 6) is -0.228. The van der Waals surface area contributed by atoms with E-state index in [0.29, 0.717) is 19.4 Å². The molecule has 1 radical (unpaired) electrons. The Hall–Kier alpha value is -0.790. The average Bonchev–Trinajstić information content (AvgIpc) is 1.85. The highest BCUT2D eigenvalue weighted by Gasteiger charge is 1.95. The second-order valence-corrected chi connectivity index (χ2v) is 1.57. The van der Waals surface area contributed by atoms with Crippen LogP contribution in [0.25, 0.3) is 0 Å². The molecule has 0 heterocycles. The molecule has 0 saturated carbocycles. The zero-order valence-electron chi connectivity index (χ0n) is 5.43. The molecule has 0 aliphatic carbocycles. The molecule has 0 spiro atoms. The Morgan fingerprint density at radius 3 is 2.78 bits per heavy atom. The minimum absolute atomic E-state index is 0.228. The van der Waals surface area contributed by atoms with Crippen LogP contribution in [0.15, 0.2) is 12.7 Å². The van der Waals surface area contributed by atoms with Gasteiger partial charge in [-0.25, -0.2) is 0 Å². The smallest absolute Gasteiger partial charge is 0.309 e. The summed E-state index contributed by atoms with van der Waals surface area (Å²) in [6.45, 7) is 7.32. The lowest BCUT2D eigenvalue weighted by molar-refractivity contribution is -0.142. The van der Waals surface area contributed by atoms with Crippen LogP contribution < -0.4 is 0 Å². The van der Waals surface area contributed by atoms with Crippen molar-refractivity contribution in [1.82, 2.24) is 0 Å². The van der Waals surface area contributed by atoms with Gasteiger partial charge in [0, 0.05) is 0 Å². The van der Waals surface area contributed by atoms with Gasteiger partial charge in [-0.3, -0.25) is 4.79 Å². The second kappa shape index (κ2) is 5.35. The highest BCUT2D eigenvalue weighted by atomic mass is 16.5. The van der Waals surface area contributed by atoms with E-state index in [4.69, 9.17) is 0 Å². The SMILES string of the molecule is [CH2]CCOC(=O)CC=C. The zero-order chi connectivity index (χ0) is 7.11. The van der Waals surface area contributed by atoms with Crippen LogP contribution in [0, 0.1) is 6.92 Å². The first-order chi connectivity index (χ1) is 4.31. The Labute approximate surface area is 55.5 Å². The molecule has 0 aromatic carbocycles. The lowest BCUT2D eigenvalue weighted by Gasteiger charge is -1.97. The van der Waals surface area contributed by atoms with E-state index in [1.807, 2.05) is 0 Å². The highest BCUT2D eigenvalue weighted by Crippen LogP contribution is 1.87. The van der Waals surface area contributed by atoms with Crippen LogP contribution >= 0.6 is 0 Å². The Kier molecular flexibility index (Phi) is 4.88. The Bertz CT molecular complexity index is 97.1. The molecule has 0 aromatic rings. The van der Waals surface area contributed by atoms with Gasteiger partial charge in [-0.1, -0.05) is 6.08 Å². The predicted octanol–water partition coefficient (Wildman–Crippen LogP) is 1.33. The largest absolute Gasteiger partial charge is 0.465 e. The van der Waals surface area contributed by atoms with Gasteiger partial charge >= 0.3 is 5.97 Å². The summed E-state index contributed by atoms with van der Waals surface area (Å²) < 4.78 is 4.66. The van der Waals surface area contributed by atoms with E-state index in [9.17, 15) is 4.79 Å². The molecule has 0 unspecified atom stereocenters. The number of hydrogen-bond acceptors (Lipinski definition) is 2. The van der Waals surface area contributed by atoms with E-state index in [0.717, 1.165) is 0 Å². The number of carbonyl (C=O) groups is 1. The molecule has 0 bridgehead atoms. The molecule has 0 saturated heterocycles. The van der Waals surface area contributed by atoms with Crippen LogP contribution in [0.2, 0.25) is 0 Å². The van der Waals surface area contributed by atoms with E-state index >= 15 is 0 Å². The standard InChI is InChI=1S/C7H11O2/c1-3-5-7(8)9-6-4-2/h3H,1-2,4-6H2. The lowest BCUT2D eigenvalue weighted by atomic mass is 10.4. The molecule has 51 valence electrons. The van der Waals surface area contributed by atoms with Crippen molar-refractivity contribution in [1.29, 1.82) is 0 Å². The maximum absolute atomic E-state index is 10.5. The molecule has 0 N–H and O–H groups in total. The second-order valence-electron chi connectivity index (χ2n) is 1.57. The van der Waals surface area contributed by atoms with Gasteiger partial charge in [0.05, 0.1) is 13.0 Å². The van der Waals surface area contributed by atoms with Gasteiger partial charge in [-0.15, -0.1) is 6.58 Å². The summed E-state index contributed by atoms with van der Waals surface area (Å²) >= 11 is 0. The van der Waals surface area contributed by atoms with Crippen LogP contribution in [0.4, 0.5) is 0 Å². The minimum atomic E-state index is -0.228. The number of ether oxygens (including phenoxy) is 1. The van der Waals surface area contributed by atoms with Crippen molar-refractivity contribution in [3.63, 3.8) is 0 Å². The van der Waals surface area contributed by atoms with Crippen LogP contribution in [0.3, 0.4) is 0 Å². The Balaban J connectivity index is 3.16. The van der Waals surface area contributed by atoms with Crippen LogP contribution in [0.1, 0.15) is 12.8 Å². The van der Waals surface area contributed by atoms with E-state index < -0.39 is 0 Å². The monoisotopic (exact) mass is 127 g/mol. The summed E-state index contributed by atoms with van der Waals surface area (Å²) in [7, 11) is 0. The molecular formula is C7H11O2. The fourth-order valence-corrected chi connectivity index (χ4v) is 0.363. The molecule has 0 fully saturated rings. The van der Waals surface area contributed by atoms with Crippen LogP contribution in [-0.2, 0) is 9.53 Å². The van der Waals surface area contributed by atoms with Crippen LogP contribution in [0.5, 0.6) is 0 Å². The van der Waals surface area contributed by atoms with Gasteiger partial charge in [-0.05, 0) is 13.3 Å². The van der Waals surface area contributed by atoms with E-state index in [2.05, 4.69) is 18.2 Å². The van der Waals surface area contributed by atoms with Crippen molar-refractivity contribution in [2.75, 3.05) is 6.61 Å². The van der Waals surface area contributed by atoms with Gasteiger partial charge in [0.1, 0.15) is 0 Å². The Morgan fingerprint density at radius 2 is 2.33 bits per heavy atom. The van der Waals surface area contributed by atoms with Crippen molar-refractivity contribution < 1.29 is 9.53 Å². The first-order valence-corrected chi connectivity index (χ1v) is 2.87. The normalized spacial score (nSPS) is 8.56. The molecular weight excluding hydrogens is 116 g/mol. The van der Waals surface area contributed by atoms with Gasteiger partial charge in [0.2, 0.25) is 0 Å². The van der Waals surface area contributed by atoms with Gasteiger partial charge < -0.3 is 4.74 Å². The molecule has 0 aliphatic heterocycles. The third-order valence-electron chi connectivity index (χ3n) is 0.718. The number of carbonyl (C=O) groups excluding carboxylic acids is 1. The van der Waals surface area contributed by atoms with Crippen LogP contribution in [-0.4, -0.2) is 12.6 Å². The summed E-state index contributed by atoms with van der Waals surface area (Å²) in [4.78, 5) is 10.5. The first kappa shape index (κ1) is 8.21. The fraction of sp³-hybridized carbons (Fsp3) is 0.429. The molecule has 0 aromatic heterocycles. The summed E-state index contributed by atoms with van der Waals surface area (Å²) in [5, 5.41) is 0. The third-order valence-corrected chi connectivity index (χ3v) is 0.718. The van der Waals surface area contributed by atoms with Crippen molar-refractivity contribution in [3.05, 3.63) is 19.6 Å². The van der Waals surface area contributed by atoms with E-state index in [-0.39, 0.29) is 5.97 Å². The zero-order valence-corrected chi connectivity index (χ0v) is 5.43. The molecule has 9 heavy (non-hydrogen) atoms. The van der Waals surface area contributed by atoms with Crippen molar-refractivity contribution in [2.24, 2.45) is 0 Å². The number of hydrogen-bond donors (Lipinski definition) is 0. The maximum Gasteiger partial charge on any atom is 0.309 e. The molecule has 2 heteroatoms. The van der Waals surface area contributed by atoms with Crippen molar-refractivity contribution in [3.8, 4) is 0 Å². The van der Waals surface area contributed by atoms with Crippen molar-refractivity contribution >= 4 is 5.97 Å². The number of rotatable bonds is 4. The number of esters is 1. The molecule has 0 amide bonds. The van der Waals surface area contributed by atoms with E-state index in [1.54, 1.807) is 0 Å². The van der Waals surface area contributed by atoms with Gasteiger partial charge in [0.15, 0.2) is 0 Å². The predicted molar refractivity (Wildman–Crippen MR) is 35.7 cm³/mol. The topological polar surface area (TPSA) is 26.3 Å². The van der Waals surface area contributed by atoms with E-state index in [1.165, 1.54) is 6.08 Å². The third kappa shape index (κ3) is 5.07. The summed E-state index contributed by atoms with van der Waals surface area (Å²) in [5.41, 5.74) is 0. The fourth-order valence-electron chi connectivity index (χ4n) is 0.363. The average molecular weight is 127 g/mol. The maximum atomic E-state index is 10.5. The van der Waals surface area contributed by atoms with Gasteiger partial charge in [0.25, 0.3) is 0 Å².